The molecule has 8 nitrogen and oxygen atoms in total. The molecule has 356 valence electrons. The summed E-state index contributed by atoms with van der Waals surface area (Å²) in [5.41, 5.74) is 13.0. The quantitative estimate of drug-likeness (QED) is 0.0556. The van der Waals surface area contributed by atoms with Crippen LogP contribution in [0.1, 0.15) is 189 Å². The van der Waals surface area contributed by atoms with Crippen LogP contribution in [-0.2, 0) is 56.9 Å². The van der Waals surface area contributed by atoms with E-state index < -0.39 is 0 Å². The van der Waals surface area contributed by atoms with Crippen molar-refractivity contribution in [3.8, 4) is 23.0 Å². The SMILES string of the molecule is CCCOc1c2cc(C(C)(C)C)cc1Cc1cc(C(C)(C)C)cc(c1OCCCN=C=O)Cc1cc(C(C)(C)C)cc(c1OCCC)Cc1cc(C(C)(C)C)cc(c1OCCCN=C=O)C2. The second-order valence-corrected chi connectivity index (χ2v) is 22.2. The summed E-state index contributed by atoms with van der Waals surface area (Å²) in [5.74, 6) is 3.51. The van der Waals surface area contributed by atoms with E-state index in [4.69, 9.17) is 18.9 Å². The third-order valence-electron chi connectivity index (χ3n) is 12.3. The van der Waals surface area contributed by atoms with Crippen LogP contribution in [0.5, 0.6) is 23.0 Å². The minimum Gasteiger partial charge on any atom is -0.493 e. The Morgan fingerprint density at radius 1 is 0.394 bits per heavy atom. The number of rotatable bonds is 16. The van der Waals surface area contributed by atoms with Crippen molar-refractivity contribution >= 4 is 12.2 Å². The van der Waals surface area contributed by atoms with Crippen LogP contribution in [0.3, 0.4) is 0 Å². The van der Waals surface area contributed by atoms with Gasteiger partial charge in [0, 0.05) is 38.5 Å². The number of carbonyl (C=O) groups excluding carboxylic acids is 2. The number of fused-ring (bicyclic) bond motifs is 8. The van der Waals surface area contributed by atoms with E-state index in [0.717, 1.165) is 80.3 Å². The number of hydrogen-bond acceptors (Lipinski definition) is 8. The summed E-state index contributed by atoms with van der Waals surface area (Å²) in [5, 5.41) is 0. The van der Waals surface area contributed by atoms with E-state index in [1.54, 1.807) is 12.2 Å². The Kier molecular flexibility index (Phi) is 17.3. The van der Waals surface area contributed by atoms with E-state index in [0.29, 0.717) is 78.0 Å². The van der Waals surface area contributed by atoms with Crippen molar-refractivity contribution in [2.75, 3.05) is 39.5 Å². The summed E-state index contributed by atoms with van der Waals surface area (Å²) in [6.45, 7) is 34.2. The van der Waals surface area contributed by atoms with E-state index >= 15 is 0 Å². The first-order chi connectivity index (χ1) is 31.1. The lowest BCUT2D eigenvalue weighted by molar-refractivity contribution is 0.302. The predicted molar refractivity (Wildman–Crippen MR) is 270 cm³/mol. The molecule has 4 aromatic rings. The number of ether oxygens (including phenoxy) is 4. The third kappa shape index (κ3) is 13.5. The molecule has 8 heteroatoms. The Morgan fingerprint density at radius 3 is 0.788 bits per heavy atom. The lowest BCUT2D eigenvalue weighted by Gasteiger charge is -2.29. The molecule has 1 aliphatic rings. The topological polar surface area (TPSA) is 95.8 Å². The zero-order valence-electron chi connectivity index (χ0n) is 42.9. The average molecular weight is 899 g/mol. The van der Waals surface area contributed by atoms with Gasteiger partial charge in [0.1, 0.15) is 23.0 Å². The number of isocyanates is 2. The van der Waals surface area contributed by atoms with Gasteiger partial charge in [-0.2, -0.15) is 0 Å². The summed E-state index contributed by atoms with van der Waals surface area (Å²) in [7, 11) is 0. The Balaban J connectivity index is 1.99. The van der Waals surface area contributed by atoms with Gasteiger partial charge in [-0.25, -0.2) is 19.6 Å². The Bertz CT molecular complexity index is 2140. The van der Waals surface area contributed by atoms with Crippen molar-refractivity contribution in [3.05, 3.63) is 115 Å². The van der Waals surface area contributed by atoms with Gasteiger partial charge in [0.15, 0.2) is 0 Å². The largest absolute Gasteiger partial charge is 0.493 e. The van der Waals surface area contributed by atoms with Crippen molar-refractivity contribution in [1.29, 1.82) is 0 Å². The molecule has 0 radical (unpaired) electrons. The van der Waals surface area contributed by atoms with Crippen LogP contribution in [0.25, 0.3) is 0 Å². The van der Waals surface area contributed by atoms with Gasteiger partial charge < -0.3 is 18.9 Å². The standard InChI is InChI=1S/C58H78N2O6/c1-15-21-63-51-39-25-43-33-49(57(9,10)11)35-45(53(43)65-23-17-19-59-37-61)27-41-31-48(56(6,7)8)32-42(52(41)64-22-16-2)28-46-36-50(58(12,13)14)34-44(54(46)66-24-18-20-60-38-62)26-40(51)30-47(29-39)55(3,4)5/h29-36H,15-28H2,1-14H3. The van der Waals surface area contributed by atoms with Crippen LogP contribution < -0.4 is 18.9 Å². The van der Waals surface area contributed by atoms with E-state index in [9.17, 15) is 9.59 Å². The van der Waals surface area contributed by atoms with Gasteiger partial charge in [0.2, 0.25) is 12.2 Å². The minimum atomic E-state index is -0.163. The molecule has 5 rings (SSSR count). The minimum absolute atomic E-state index is 0.162. The Hall–Kier alpha value is -5.16. The molecule has 66 heavy (non-hydrogen) atoms. The van der Waals surface area contributed by atoms with Crippen molar-refractivity contribution in [3.63, 3.8) is 0 Å². The molecule has 0 heterocycles. The van der Waals surface area contributed by atoms with Crippen molar-refractivity contribution < 1.29 is 28.5 Å². The lowest BCUT2D eigenvalue weighted by Crippen LogP contribution is -2.18. The smallest absolute Gasteiger partial charge is 0.234 e. The van der Waals surface area contributed by atoms with Crippen molar-refractivity contribution in [2.24, 2.45) is 9.98 Å². The highest BCUT2D eigenvalue weighted by atomic mass is 16.5. The average Bonchev–Trinajstić information content (AvgIpc) is 3.22. The van der Waals surface area contributed by atoms with Crippen LogP contribution in [0, 0.1) is 0 Å². The fourth-order valence-corrected chi connectivity index (χ4v) is 8.50. The van der Waals surface area contributed by atoms with Gasteiger partial charge in [0.25, 0.3) is 0 Å². The zero-order valence-corrected chi connectivity index (χ0v) is 42.9. The summed E-state index contributed by atoms with van der Waals surface area (Å²) < 4.78 is 27.8. The first-order valence-corrected chi connectivity index (χ1v) is 24.3. The molecule has 0 N–H and O–H groups in total. The molecule has 0 aliphatic heterocycles. The Morgan fingerprint density at radius 2 is 0.606 bits per heavy atom. The van der Waals surface area contributed by atoms with Crippen LogP contribution in [0.2, 0.25) is 0 Å². The number of nitrogens with zero attached hydrogens (tertiary/aromatic N) is 2. The summed E-state index contributed by atoms with van der Waals surface area (Å²) in [6, 6.07) is 18.7. The van der Waals surface area contributed by atoms with E-state index in [2.05, 4.69) is 155 Å². The number of hydrogen-bond donors (Lipinski definition) is 0. The molecule has 0 aromatic heterocycles. The Labute approximate surface area is 397 Å². The number of benzene rings is 4. The second kappa shape index (κ2) is 22.1. The molecule has 0 unspecified atom stereocenters. The molecule has 0 amide bonds. The predicted octanol–water partition coefficient (Wildman–Crippen LogP) is 13.3. The normalized spacial score (nSPS) is 13.1. The summed E-state index contributed by atoms with van der Waals surface area (Å²) in [4.78, 5) is 29.8. The molecular formula is C58H78N2O6. The molecular weight excluding hydrogens is 821 g/mol. The van der Waals surface area contributed by atoms with Crippen LogP contribution in [0.4, 0.5) is 0 Å². The van der Waals surface area contributed by atoms with Gasteiger partial charge >= 0.3 is 0 Å². The van der Waals surface area contributed by atoms with Gasteiger partial charge in [-0.3, -0.25) is 0 Å². The maximum Gasteiger partial charge on any atom is 0.234 e. The van der Waals surface area contributed by atoms with Gasteiger partial charge in [-0.15, -0.1) is 0 Å². The molecule has 8 bridgehead atoms. The highest BCUT2D eigenvalue weighted by Gasteiger charge is 2.29. The van der Waals surface area contributed by atoms with Crippen molar-refractivity contribution in [2.45, 2.75) is 170 Å². The highest BCUT2D eigenvalue weighted by Crippen LogP contribution is 2.44. The van der Waals surface area contributed by atoms with E-state index in [1.165, 1.54) is 22.3 Å². The van der Waals surface area contributed by atoms with Crippen LogP contribution in [-0.4, -0.2) is 51.7 Å². The van der Waals surface area contributed by atoms with E-state index in [1.807, 2.05) is 0 Å². The van der Waals surface area contributed by atoms with Crippen molar-refractivity contribution in [1.82, 2.24) is 0 Å². The molecule has 0 saturated heterocycles. The van der Waals surface area contributed by atoms with Crippen LogP contribution >= 0.6 is 0 Å². The molecule has 0 saturated carbocycles. The fourth-order valence-electron chi connectivity index (χ4n) is 8.50. The molecule has 1 aliphatic carbocycles. The molecule has 4 aromatic carbocycles. The summed E-state index contributed by atoms with van der Waals surface area (Å²) >= 11 is 0. The lowest BCUT2D eigenvalue weighted by atomic mass is 9.79. The first-order valence-electron chi connectivity index (χ1n) is 24.3. The second-order valence-electron chi connectivity index (χ2n) is 22.2. The van der Waals surface area contributed by atoms with Gasteiger partial charge in [-0.1, -0.05) is 145 Å². The zero-order chi connectivity index (χ0) is 48.5. The van der Waals surface area contributed by atoms with Gasteiger partial charge in [0.05, 0.1) is 39.5 Å². The molecule has 0 fully saturated rings. The van der Waals surface area contributed by atoms with E-state index in [-0.39, 0.29) is 21.7 Å². The fraction of sp³-hybridized carbons (Fsp3) is 0.552. The molecule has 0 atom stereocenters. The number of aliphatic imine (C=N–C) groups is 2. The van der Waals surface area contributed by atoms with Gasteiger partial charge in [-0.05, 0) is 101 Å². The van der Waals surface area contributed by atoms with Crippen LogP contribution in [0.15, 0.2) is 58.5 Å². The molecule has 0 spiro atoms. The summed E-state index contributed by atoms with van der Waals surface area (Å²) in [6.07, 6.45) is 8.59. The monoisotopic (exact) mass is 899 g/mol. The first kappa shape index (κ1) is 51.8. The maximum atomic E-state index is 11.1. The highest BCUT2D eigenvalue weighted by molar-refractivity contribution is 5.60. The maximum absolute atomic E-state index is 11.1. The third-order valence-corrected chi connectivity index (χ3v) is 12.3.